The number of anilines is 1. The molecular formula is C57H89N7O17. The first-order chi connectivity index (χ1) is 38.2. The second-order valence-electron chi connectivity index (χ2n) is 22.1. The lowest BCUT2D eigenvalue weighted by atomic mass is 9.87. The largest absolute Gasteiger partial charge is 0.479 e. The maximum atomic E-state index is 14.8. The minimum absolute atomic E-state index is 0.0195. The molecule has 0 aromatic heterocycles. The van der Waals surface area contributed by atoms with Gasteiger partial charge < -0.3 is 80.7 Å². The highest BCUT2D eigenvalue weighted by Crippen LogP contribution is 2.35. The van der Waals surface area contributed by atoms with Gasteiger partial charge in [-0.3, -0.25) is 28.9 Å². The lowest BCUT2D eigenvalue weighted by molar-refractivity contribution is -0.275. The molecule has 2 saturated heterocycles. The predicted octanol–water partition coefficient (Wildman–Crippen LogP) is 2.53. The molecule has 0 spiro atoms. The van der Waals surface area contributed by atoms with Gasteiger partial charge in [-0.2, -0.15) is 0 Å². The standard InChI is InChI=1S/C57H89N7O17/c1-13-33(6)47(41(77-11)27-44(67)64-25-17-20-39(64)49(78-12)34(7)51(70)59-35(8)48(68)37-18-15-14-16-19-37)62(9)53(72)45(31(2)3)61-52(71)46(32(4)5)63(10)56(75)79-29-36-21-22-40(38(26-36)60-43(66)23-24-58)80-55-50(69)57(76,30-65)28-42(81-55)54(73)74/h14-16,18-19,21-22,26,31-35,39,41-42,45-50,55,65,68-69,76H,13,17,20,23-25,27-30,58H2,1-12H3,(H,59,70)(H,60,66)(H,61,71)(H,73,74)/t33-,34+,35+,39-,41+,42?,45-,46-,47-,48+,49+,50?,55+,57-/m0/s1. The number of carbonyl (C=O) groups is 7. The van der Waals surface area contributed by atoms with Gasteiger partial charge in [0, 0.05) is 54.2 Å². The van der Waals surface area contributed by atoms with Crippen LogP contribution in [0.4, 0.5) is 10.5 Å². The van der Waals surface area contributed by atoms with Crippen LogP contribution >= 0.6 is 0 Å². The predicted molar refractivity (Wildman–Crippen MR) is 297 cm³/mol. The van der Waals surface area contributed by atoms with Crippen molar-refractivity contribution in [2.24, 2.45) is 29.4 Å². The molecule has 0 radical (unpaired) electrons. The number of carboxylic acids is 1. The van der Waals surface area contributed by atoms with Crippen LogP contribution in [0.15, 0.2) is 48.5 Å². The van der Waals surface area contributed by atoms with E-state index in [9.17, 15) is 59.1 Å². The number of benzene rings is 2. The Morgan fingerprint density at radius 1 is 0.914 bits per heavy atom. The van der Waals surface area contributed by atoms with Crippen molar-refractivity contribution in [1.82, 2.24) is 25.3 Å². The highest BCUT2D eigenvalue weighted by atomic mass is 16.7. The Morgan fingerprint density at radius 2 is 1.58 bits per heavy atom. The van der Waals surface area contributed by atoms with Crippen molar-refractivity contribution in [1.29, 1.82) is 0 Å². The monoisotopic (exact) mass is 1140 g/mol. The lowest BCUT2D eigenvalue weighted by Crippen LogP contribution is -2.62. The topological polar surface area (TPSA) is 339 Å². The molecule has 2 aliphatic heterocycles. The van der Waals surface area contributed by atoms with Crippen molar-refractivity contribution in [3.63, 3.8) is 0 Å². The van der Waals surface area contributed by atoms with Gasteiger partial charge in [-0.05, 0) is 60.8 Å². The Kier molecular flexibility index (Phi) is 25.7. The third-order valence-corrected chi connectivity index (χ3v) is 15.6. The zero-order valence-corrected chi connectivity index (χ0v) is 48.9. The van der Waals surface area contributed by atoms with E-state index in [1.165, 1.54) is 44.4 Å². The van der Waals surface area contributed by atoms with Gasteiger partial charge >= 0.3 is 12.1 Å². The molecule has 2 heterocycles. The van der Waals surface area contributed by atoms with E-state index >= 15 is 0 Å². The number of likely N-dealkylation sites (N-methyl/N-ethyl adjacent to an activating group) is 2. The van der Waals surface area contributed by atoms with E-state index in [2.05, 4.69) is 16.0 Å². The molecule has 14 atom stereocenters. The van der Waals surface area contributed by atoms with E-state index in [0.717, 1.165) is 4.90 Å². The fourth-order valence-corrected chi connectivity index (χ4v) is 10.6. The zero-order chi connectivity index (χ0) is 60.6. The Labute approximate surface area is 475 Å². The average molecular weight is 1140 g/mol. The van der Waals surface area contributed by atoms with Crippen molar-refractivity contribution in [3.8, 4) is 5.75 Å². The normalized spacial score (nSPS) is 22.5. The number of methoxy groups -OCH3 is 2. The molecule has 2 aromatic carbocycles. The first kappa shape index (κ1) is 67.5. The number of aliphatic hydroxyl groups excluding tert-OH is 3. The van der Waals surface area contributed by atoms with Crippen LogP contribution in [-0.4, -0.2) is 196 Å². The molecule has 24 nitrogen and oxygen atoms in total. The summed E-state index contributed by atoms with van der Waals surface area (Å²) in [7, 11) is 5.98. The van der Waals surface area contributed by atoms with Crippen molar-refractivity contribution < 1.29 is 82.8 Å². The van der Waals surface area contributed by atoms with E-state index in [0.29, 0.717) is 36.9 Å². The molecule has 0 saturated carbocycles. The highest BCUT2D eigenvalue weighted by Gasteiger charge is 2.52. The van der Waals surface area contributed by atoms with E-state index in [1.54, 1.807) is 65.6 Å². The summed E-state index contributed by atoms with van der Waals surface area (Å²) in [5.41, 5.74) is 4.22. The maximum Gasteiger partial charge on any atom is 0.410 e. The molecule has 24 heteroatoms. The second kappa shape index (κ2) is 30.9. The van der Waals surface area contributed by atoms with Crippen LogP contribution in [0.25, 0.3) is 0 Å². The van der Waals surface area contributed by atoms with Gasteiger partial charge in [-0.15, -0.1) is 0 Å². The lowest BCUT2D eigenvalue weighted by Gasteiger charge is -2.42. The van der Waals surface area contributed by atoms with Gasteiger partial charge in [0.25, 0.3) is 0 Å². The number of amides is 6. The number of ether oxygens (including phenoxy) is 5. The quantitative estimate of drug-likeness (QED) is 0.0565. The first-order valence-corrected chi connectivity index (χ1v) is 27.7. The van der Waals surface area contributed by atoms with E-state index in [-0.39, 0.29) is 48.6 Å². The summed E-state index contributed by atoms with van der Waals surface area (Å²) in [5.74, 6) is -5.68. The number of aliphatic hydroxyl groups is 4. The van der Waals surface area contributed by atoms with Crippen LogP contribution in [0.3, 0.4) is 0 Å². The summed E-state index contributed by atoms with van der Waals surface area (Å²) in [5, 5.41) is 60.4. The number of likely N-dealkylation sites (tertiary alicyclic amines) is 1. The number of nitrogens with two attached hydrogens (primary N) is 1. The summed E-state index contributed by atoms with van der Waals surface area (Å²) >= 11 is 0. The molecule has 6 amide bonds. The third kappa shape index (κ3) is 17.3. The number of hydrogen-bond acceptors (Lipinski definition) is 17. The van der Waals surface area contributed by atoms with Crippen molar-refractivity contribution in [2.45, 2.75) is 173 Å². The van der Waals surface area contributed by atoms with Gasteiger partial charge in [-0.25, -0.2) is 9.59 Å². The first-order valence-electron chi connectivity index (χ1n) is 27.7. The molecule has 81 heavy (non-hydrogen) atoms. The van der Waals surface area contributed by atoms with Gasteiger partial charge in [0.1, 0.15) is 36.1 Å². The summed E-state index contributed by atoms with van der Waals surface area (Å²) in [6.07, 6.45) is -7.73. The van der Waals surface area contributed by atoms with Crippen LogP contribution in [0.1, 0.15) is 111 Å². The number of carbonyl (C=O) groups excluding carboxylic acids is 6. The molecule has 0 bridgehead atoms. The maximum absolute atomic E-state index is 14.8. The van der Waals surface area contributed by atoms with E-state index in [4.69, 9.17) is 29.4 Å². The summed E-state index contributed by atoms with van der Waals surface area (Å²) in [4.78, 5) is 99.9. The SMILES string of the molecule is CC[C@H](C)[C@@H]([C@@H](CC(=O)N1CCC[C@H]1[C@H](OC)[C@@H](C)C(=O)N[C@H](C)[C@@H](O)c1ccccc1)OC)N(C)C(=O)[C@@H](NC(=O)[C@H](C(C)C)N(C)C(=O)OCc1ccc(O[C@@H]2OC(C(=O)O)C[C@](O)(CO)C2O)c(NC(=O)CCN)c1)C(C)C. The van der Waals surface area contributed by atoms with E-state index < -0.39 is 140 Å². The summed E-state index contributed by atoms with van der Waals surface area (Å²) in [6, 6.07) is 9.22. The Balaban J connectivity index is 1.48. The molecule has 2 unspecified atom stereocenters. The molecule has 2 fully saturated rings. The van der Waals surface area contributed by atoms with Crippen LogP contribution in [0.5, 0.6) is 5.75 Å². The van der Waals surface area contributed by atoms with Gasteiger partial charge in [0.15, 0.2) is 6.10 Å². The molecule has 10 N–H and O–H groups in total. The van der Waals surface area contributed by atoms with Gasteiger partial charge in [-0.1, -0.05) is 91.3 Å². The average Bonchev–Trinajstić information content (AvgIpc) is 3.95. The molecule has 454 valence electrons. The number of aliphatic carboxylic acids is 1. The van der Waals surface area contributed by atoms with Crippen LogP contribution in [-0.2, 0) is 54.3 Å². The van der Waals surface area contributed by atoms with Crippen molar-refractivity contribution in [2.75, 3.05) is 53.3 Å². The molecule has 4 rings (SSSR count). The number of nitrogens with zero attached hydrogens (tertiary/aromatic N) is 3. The number of carboxylic acid groups (broad SMARTS) is 1. The number of hydrogen-bond donors (Lipinski definition) is 9. The highest BCUT2D eigenvalue weighted by molar-refractivity contribution is 5.93. The fourth-order valence-electron chi connectivity index (χ4n) is 10.6. The minimum Gasteiger partial charge on any atom is -0.479 e. The zero-order valence-electron chi connectivity index (χ0n) is 48.9. The smallest absolute Gasteiger partial charge is 0.410 e. The number of nitrogens with one attached hydrogen (secondary N) is 3. The van der Waals surface area contributed by atoms with Gasteiger partial charge in [0.05, 0.1) is 61.1 Å². The van der Waals surface area contributed by atoms with E-state index in [1.807, 2.05) is 32.0 Å². The molecule has 0 aliphatic carbocycles. The Bertz CT molecular complexity index is 2420. The van der Waals surface area contributed by atoms with Gasteiger partial charge in [0.2, 0.25) is 35.8 Å². The number of rotatable bonds is 29. The van der Waals surface area contributed by atoms with Crippen LogP contribution < -0.4 is 26.4 Å². The second-order valence-corrected chi connectivity index (χ2v) is 22.1. The fraction of sp³-hybridized carbons (Fsp3) is 0.667. The molecule has 2 aliphatic rings. The van der Waals surface area contributed by atoms with Crippen LogP contribution in [0, 0.1) is 23.7 Å². The Morgan fingerprint density at radius 3 is 2.15 bits per heavy atom. The summed E-state index contributed by atoms with van der Waals surface area (Å²) in [6.45, 7) is 13.4. The summed E-state index contributed by atoms with van der Waals surface area (Å²) < 4.78 is 28.8. The van der Waals surface area contributed by atoms with Crippen molar-refractivity contribution in [3.05, 3.63) is 59.7 Å². The minimum atomic E-state index is -2.30. The molecular weight excluding hydrogens is 1050 g/mol. The Hall–Kier alpha value is -5.99. The van der Waals surface area contributed by atoms with Crippen molar-refractivity contribution >= 4 is 47.3 Å². The van der Waals surface area contributed by atoms with Crippen LogP contribution in [0.2, 0.25) is 0 Å². The molecule has 2 aromatic rings. The third-order valence-electron chi connectivity index (χ3n) is 15.6.